The summed E-state index contributed by atoms with van der Waals surface area (Å²) in [5.41, 5.74) is 2.79. The molecule has 4 aliphatic rings. The first kappa shape index (κ1) is 21.7. The fourth-order valence-electron chi connectivity index (χ4n) is 8.10. The first-order chi connectivity index (χ1) is 13.7. The van der Waals surface area contributed by atoms with Gasteiger partial charge < -0.3 is 5.11 Å². The summed E-state index contributed by atoms with van der Waals surface area (Å²) < 4.78 is 0. The van der Waals surface area contributed by atoms with E-state index in [1.807, 2.05) is 5.57 Å². The van der Waals surface area contributed by atoms with E-state index < -0.39 is 0 Å². The molecule has 4 aliphatic carbocycles. The predicted molar refractivity (Wildman–Crippen MR) is 124 cm³/mol. The summed E-state index contributed by atoms with van der Waals surface area (Å²) in [4.78, 5) is 0. The third-order valence-electron chi connectivity index (χ3n) is 10.5. The van der Waals surface area contributed by atoms with Crippen LogP contribution in [0.1, 0.15) is 92.9 Å². The van der Waals surface area contributed by atoms with E-state index in [9.17, 15) is 5.11 Å². The second-order valence-electron chi connectivity index (χ2n) is 12.3. The lowest BCUT2D eigenvalue weighted by molar-refractivity contribution is -0.0414. The molecule has 0 aromatic rings. The summed E-state index contributed by atoms with van der Waals surface area (Å²) in [5, 5.41) is 10.2. The Morgan fingerprint density at radius 1 is 0.931 bits per heavy atom. The largest absolute Gasteiger partial charge is 0.393 e. The fourth-order valence-corrected chi connectivity index (χ4v) is 8.10. The molecule has 0 bridgehead atoms. The van der Waals surface area contributed by atoms with Gasteiger partial charge in [-0.05, 0) is 104 Å². The van der Waals surface area contributed by atoms with E-state index in [0.29, 0.717) is 28.6 Å². The summed E-state index contributed by atoms with van der Waals surface area (Å²) in [7, 11) is 0. The minimum absolute atomic E-state index is 0.0476. The molecular formula is C28H46O. The number of rotatable bonds is 4. The van der Waals surface area contributed by atoms with Crippen molar-refractivity contribution >= 4 is 0 Å². The standard InChI is InChI=1S/C28H46O/c1-18(2)19(3)7-8-20(4)24-11-12-25-23-10-9-21-17-22(29)13-15-27(21,5)26(23)14-16-28(24,25)6/h7-8,10,18-22,24-26,29H,9,11-17H2,1-6H3/b8-7+/t19-,20+,21?,22?,24?,25?,26?,27+,28?/m0/s1. The molecule has 9 atom stereocenters. The molecule has 3 fully saturated rings. The van der Waals surface area contributed by atoms with Gasteiger partial charge in [0, 0.05) is 0 Å². The first-order valence-corrected chi connectivity index (χ1v) is 12.7. The molecule has 1 nitrogen and oxygen atoms in total. The van der Waals surface area contributed by atoms with E-state index in [1.54, 1.807) is 0 Å². The van der Waals surface area contributed by atoms with Gasteiger partial charge in [-0.25, -0.2) is 0 Å². The van der Waals surface area contributed by atoms with Crippen molar-refractivity contribution in [1.29, 1.82) is 0 Å². The van der Waals surface area contributed by atoms with Crippen molar-refractivity contribution in [1.82, 2.24) is 0 Å². The van der Waals surface area contributed by atoms with Gasteiger partial charge in [-0.15, -0.1) is 0 Å². The lowest BCUT2D eigenvalue weighted by Crippen LogP contribution is -2.49. The smallest absolute Gasteiger partial charge is 0.0543 e. The molecule has 4 rings (SSSR count). The van der Waals surface area contributed by atoms with Crippen molar-refractivity contribution in [3.05, 3.63) is 23.8 Å². The topological polar surface area (TPSA) is 20.2 Å². The number of hydrogen-bond acceptors (Lipinski definition) is 1. The zero-order chi connectivity index (χ0) is 21.0. The molecular weight excluding hydrogens is 352 g/mol. The minimum atomic E-state index is -0.0476. The van der Waals surface area contributed by atoms with Crippen molar-refractivity contribution in [2.45, 2.75) is 99.0 Å². The van der Waals surface area contributed by atoms with Gasteiger partial charge in [0.25, 0.3) is 0 Å². The highest BCUT2D eigenvalue weighted by Crippen LogP contribution is 2.66. The molecule has 1 heteroatoms. The van der Waals surface area contributed by atoms with E-state index in [-0.39, 0.29) is 6.10 Å². The zero-order valence-corrected chi connectivity index (χ0v) is 20.0. The number of allylic oxidation sites excluding steroid dienone is 4. The average molecular weight is 399 g/mol. The van der Waals surface area contributed by atoms with Crippen LogP contribution in [0.25, 0.3) is 0 Å². The lowest BCUT2D eigenvalue weighted by Gasteiger charge is -2.57. The Balaban J connectivity index is 1.54. The average Bonchev–Trinajstić information content (AvgIpc) is 3.03. The van der Waals surface area contributed by atoms with Crippen LogP contribution >= 0.6 is 0 Å². The Hall–Kier alpha value is -0.560. The maximum absolute atomic E-state index is 10.2. The fraction of sp³-hybridized carbons (Fsp3) is 0.857. The molecule has 0 amide bonds. The molecule has 0 saturated heterocycles. The van der Waals surface area contributed by atoms with Gasteiger partial charge in [0.1, 0.15) is 0 Å². The Morgan fingerprint density at radius 2 is 1.62 bits per heavy atom. The number of aliphatic hydroxyl groups is 1. The van der Waals surface area contributed by atoms with Crippen molar-refractivity contribution in [2.75, 3.05) is 0 Å². The van der Waals surface area contributed by atoms with Gasteiger partial charge in [-0.1, -0.05) is 65.3 Å². The molecule has 0 aliphatic heterocycles. The first-order valence-electron chi connectivity index (χ1n) is 12.7. The van der Waals surface area contributed by atoms with Gasteiger partial charge in [0.05, 0.1) is 6.10 Å². The summed E-state index contributed by atoms with van der Waals surface area (Å²) >= 11 is 0. The minimum Gasteiger partial charge on any atom is -0.393 e. The SMILES string of the molecule is CC(C)[C@@H](C)/C=C/[C@@H](C)C1CCC2C3=CCC4CC(O)CC[C@@]4(C)C3CCC21C. The van der Waals surface area contributed by atoms with Gasteiger partial charge in [-0.3, -0.25) is 0 Å². The van der Waals surface area contributed by atoms with Crippen LogP contribution in [-0.4, -0.2) is 11.2 Å². The van der Waals surface area contributed by atoms with Gasteiger partial charge in [-0.2, -0.15) is 0 Å². The predicted octanol–water partition coefficient (Wildman–Crippen LogP) is 7.41. The van der Waals surface area contributed by atoms with Crippen molar-refractivity contribution in [3.63, 3.8) is 0 Å². The molecule has 1 N–H and O–H groups in total. The molecule has 3 saturated carbocycles. The highest BCUT2D eigenvalue weighted by molar-refractivity contribution is 5.28. The highest BCUT2D eigenvalue weighted by Gasteiger charge is 2.57. The third kappa shape index (κ3) is 3.58. The summed E-state index contributed by atoms with van der Waals surface area (Å²) in [6, 6.07) is 0. The van der Waals surface area contributed by atoms with Gasteiger partial charge in [0.2, 0.25) is 0 Å². The maximum Gasteiger partial charge on any atom is 0.0543 e. The summed E-state index contributed by atoms with van der Waals surface area (Å²) in [6.45, 7) is 14.7. The quantitative estimate of drug-likeness (QED) is 0.489. The Kier molecular flexibility index (Phi) is 5.86. The highest BCUT2D eigenvalue weighted by atomic mass is 16.3. The van der Waals surface area contributed by atoms with Crippen LogP contribution in [-0.2, 0) is 0 Å². The normalized spacial score (nSPS) is 46.8. The Morgan fingerprint density at radius 3 is 2.34 bits per heavy atom. The molecule has 0 heterocycles. The summed E-state index contributed by atoms with van der Waals surface area (Å²) in [5.74, 6) is 5.25. The number of fused-ring (bicyclic) bond motifs is 5. The zero-order valence-electron chi connectivity index (χ0n) is 20.0. The van der Waals surface area contributed by atoms with Crippen LogP contribution in [0.15, 0.2) is 23.8 Å². The lowest BCUT2D eigenvalue weighted by atomic mass is 9.47. The van der Waals surface area contributed by atoms with E-state index in [1.165, 1.54) is 38.5 Å². The molecule has 0 aromatic heterocycles. The van der Waals surface area contributed by atoms with E-state index >= 15 is 0 Å². The Labute approximate surface area is 180 Å². The molecule has 0 spiro atoms. The van der Waals surface area contributed by atoms with Crippen LogP contribution in [0.4, 0.5) is 0 Å². The Bertz CT molecular complexity index is 659. The van der Waals surface area contributed by atoms with Crippen LogP contribution in [0.2, 0.25) is 0 Å². The maximum atomic E-state index is 10.2. The molecule has 164 valence electrons. The van der Waals surface area contributed by atoms with Crippen LogP contribution in [0, 0.1) is 52.3 Å². The molecule has 0 aromatic carbocycles. The van der Waals surface area contributed by atoms with Gasteiger partial charge >= 0.3 is 0 Å². The molecule has 6 unspecified atom stereocenters. The monoisotopic (exact) mass is 398 g/mol. The van der Waals surface area contributed by atoms with Gasteiger partial charge in [0.15, 0.2) is 0 Å². The van der Waals surface area contributed by atoms with Crippen LogP contribution in [0.3, 0.4) is 0 Å². The van der Waals surface area contributed by atoms with Crippen molar-refractivity contribution in [2.24, 2.45) is 52.3 Å². The second-order valence-corrected chi connectivity index (χ2v) is 12.3. The molecule has 0 radical (unpaired) electrons. The summed E-state index contributed by atoms with van der Waals surface area (Å²) in [6.07, 6.45) is 17.8. The van der Waals surface area contributed by atoms with E-state index in [2.05, 4.69) is 59.8 Å². The van der Waals surface area contributed by atoms with Crippen molar-refractivity contribution in [3.8, 4) is 0 Å². The van der Waals surface area contributed by atoms with Crippen LogP contribution < -0.4 is 0 Å². The van der Waals surface area contributed by atoms with E-state index in [0.717, 1.165) is 36.5 Å². The van der Waals surface area contributed by atoms with Crippen molar-refractivity contribution < 1.29 is 5.11 Å². The van der Waals surface area contributed by atoms with Crippen LogP contribution in [0.5, 0.6) is 0 Å². The number of hydrogen-bond donors (Lipinski definition) is 1. The third-order valence-corrected chi connectivity index (χ3v) is 10.5. The number of aliphatic hydroxyl groups excluding tert-OH is 1. The van der Waals surface area contributed by atoms with E-state index in [4.69, 9.17) is 0 Å². The molecule has 29 heavy (non-hydrogen) atoms. The second kappa shape index (κ2) is 7.85.